The van der Waals surface area contributed by atoms with E-state index in [-0.39, 0.29) is 0 Å². The van der Waals surface area contributed by atoms with Crippen LogP contribution in [0.5, 0.6) is 0 Å². The van der Waals surface area contributed by atoms with Gasteiger partial charge in [-0.2, -0.15) is 0 Å². The minimum absolute atomic E-state index is 0.772. The van der Waals surface area contributed by atoms with Crippen molar-refractivity contribution >= 4 is 11.6 Å². The Kier molecular flexibility index (Phi) is 3.77. The Morgan fingerprint density at radius 2 is 1.78 bits per heavy atom. The standard InChI is InChI=1S/C14H18N4/c1-10-6-4-5-7-12(10)8-16-14-11(2)13(15-3)17-9-18-14/h4-7,9H,8H2,1-3H3,(H2,15,16,17,18). The van der Waals surface area contributed by atoms with Crippen LogP contribution in [-0.4, -0.2) is 17.0 Å². The van der Waals surface area contributed by atoms with E-state index in [1.54, 1.807) is 6.33 Å². The zero-order valence-corrected chi connectivity index (χ0v) is 11.0. The SMILES string of the molecule is CNc1ncnc(NCc2ccccc2C)c1C. The van der Waals surface area contributed by atoms with Crippen LogP contribution in [0.25, 0.3) is 0 Å². The number of hydrogen-bond donors (Lipinski definition) is 2. The molecule has 0 fully saturated rings. The molecule has 0 saturated carbocycles. The molecule has 2 aromatic rings. The van der Waals surface area contributed by atoms with Crippen LogP contribution in [0.15, 0.2) is 30.6 Å². The van der Waals surface area contributed by atoms with E-state index in [1.165, 1.54) is 11.1 Å². The Morgan fingerprint density at radius 3 is 2.50 bits per heavy atom. The summed E-state index contributed by atoms with van der Waals surface area (Å²) in [5.74, 6) is 1.73. The monoisotopic (exact) mass is 242 g/mol. The molecule has 4 nitrogen and oxygen atoms in total. The summed E-state index contributed by atoms with van der Waals surface area (Å²) in [6, 6.07) is 8.34. The van der Waals surface area contributed by atoms with Crippen molar-refractivity contribution in [3.05, 3.63) is 47.3 Å². The fourth-order valence-electron chi connectivity index (χ4n) is 1.87. The van der Waals surface area contributed by atoms with Crippen LogP contribution in [0.1, 0.15) is 16.7 Å². The zero-order valence-electron chi connectivity index (χ0n) is 11.0. The normalized spacial score (nSPS) is 10.2. The van der Waals surface area contributed by atoms with E-state index in [0.717, 1.165) is 23.7 Å². The molecule has 0 amide bonds. The van der Waals surface area contributed by atoms with Crippen molar-refractivity contribution in [1.82, 2.24) is 9.97 Å². The summed E-state index contributed by atoms with van der Waals surface area (Å²) < 4.78 is 0. The smallest absolute Gasteiger partial charge is 0.134 e. The van der Waals surface area contributed by atoms with Gasteiger partial charge in [0, 0.05) is 19.2 Å². The van der Waals surface area contributed by atoms with Gasteiger partial charge in [0.15, 0.2) is 0 Å². The maximum absolute atomic E-state index is 4.27. The van der Waals surface area contributed by atoms with E-state index < -0.39 is 0 Å². The largest absolute Gasteiger partial charge is 0.373 e. The zero-order chi connectivity index (χ0) is 13.0. The molecule has 0 aliphatic rings. The minimum Gasteiger partial charge on any atom is -0.373 e. The first-order valence-electron chi connectivity index (χ1n) is 6.00. The van der Waals surface area contributed by atoms with Gasteiger partial charge in [-0.05, 0) is 25.0 Å². The van der Waals surface area contributed by atoms with Gasteiger partial charge in [0.1, 0.15) is 18.0 Å². The van der Waals surface area contributed by atoms with E-state index in [1.807, 2.05) is 20.0 Å². The van der Waals surface area contributed by atoms with Gasteiger partial charge < -0.3 is 10.6 Å². The molecule has 0 aliphatic carbocycles. The lowest BCUT2D eigenvalue weighted by Gasteiger charge is -2.12. The molecule has 0 unspecified atom stereocenters. The number of rotatable bonds is 4. The fraction of sp³-hybridized carbons (Fsp3) is 0.286. The molecule has 0 atom stereocenters. The number of aromatic nitrogens is 2. The molecule has 0 bridgehead atoms. The Balaban J connectivity index is 2.14. The topological polar surface area (TPSA) is 49.8 Å². The Bertz CT molecular complexity index is 537. The number of hydrogen-bond acceptors (Lipinski definition) is 4. The van der Waals surface area contributed by atoms with Crippen molar-refractivity contribution < 1.29 is 0 Å². The third kappa shape index (κ3) is 2.59. The van der Waals surface area contributed by atoms with Crippen molar-refractivity contribution in [2.45, 2.75) is 20.4 Å². The maximum Gasteiger partial charge on any atom is 0.134 e. The Labute approximate surface area is 107 Å². The summed E-state index contributed by atoms with van der Waals surface area (Å²) in [5, 5.41) is 6.41. The van der Waals surface area contributed by atoms with E-state index >= 15 is 0 Å². The van der Waals surface area contributed by atoms with Gasteiger partial charge in [-0.1, -0.05) is 24.3 Å². The number of benzene rings is 1. The number of anilines is 2. The van der Waals surface area contributed by atoms with Crippen LogP contribution < -0.4 is 10.6 Å². The highest BCUT2D eigenvalue weighted by Crippen LogP contribution is 2.18. The summed E-state index contributed by atoms with van der Waals surface area (Å²) >= 11 is 0. The highest BCUT2D eigenvalue weighted by atomic mass is 15.1. The first kappa shape index (κ1) is 12.4. The summed E-state index contributed by atoms with van der Waals surface area (Å²) in [6.45, 7) is 4.89. The van der Waals surface area contributed by atoms with Gasteiger partial charge in [-0.25, -0.2) is 9.97 Å². The lowest BCUT2D eigenvalue weighted by atomic mass is 10.1. The second kappa shape index (κ2) is 5.49. The molecule has 2 rings (SSSR count). The molecule has 18 heavy (non-hydrogen) atoms. The average Bonchev–Trinajstić information content (AvgIpc) is 2.39. The van der Waals surface area contributed by atoms with Crippen molar-refractivity contribution in [2.75, 3.05) is 17.7 Å². The highest BCUT2D eigenvalue weighted by molar-refractivity contribution is 5.56. The molecule has 1 aromatic carbocycles. The van der Waals surface area contributed by atoms with E-state index in [2.05, 4.69) is 45.7 Å². The number of nitrogens with zero attached hydrogens (tertiary/aromatic N) is 2. The molecule has 0 radical (unpaired) electrons. The lowest BCUT2D eigenvalue weighted by Crippen LogP contribution is -2.07. The van der Waals surface area contributed by atoms with Crippen LogP contribution in [0, 0.1) is 13.8 Å². The van der Waals surface area contributed by atoms with E-state index in [0.29, 0.717) is 0 Å². The molecule has 0 aliphatic heterocycles. The predicted molar refractivity (Wildman–Crippen MR) is 74.8 cm³/mol. The number of nitrogens with one attached hydrogen (secondary N) is 2. The average molecular weight is 242 g/mol. The van der Waals surface area contributed by atoms with Crippen molar-refractivity contribution in [3.8, 4) is 0 Å². The molecule has 1 aromatic heterocycles. The molecular weight excluding hydrogens is 224 g/mol. The van der Waals surface area contributed by atoms with Gasteiger partial charge in [0.2, 0.25) is 0 Å². The summed E-state index contributed by atoms with van der Waals surface area (Å²) in [7, 11) is 1.86. The molecule has 0 saturated heterocycles. The van der Waals surface area contributed by atoms with E-state index in [4.69, 9.17) is 0 Å². The summed E-state index contributed by atoms with van der Waals surface area (Å²) in [5.41, 5.74) is 3.60. The third-order valence-electron chi connectivity index (χ3n) is 3.03. The molecule has 94 valence electrons. The Morgan fingerprint density at radius 1 is 1.06 bits per heavy atom. The summed E-state index contributed by atoms with van der Waals surface area (Å²) in [4.78, 5) is 8.44. The van der Waals surface area contributed by atoms with Gasteiger partial charge in [0.25, 0.3) is 0 Å². The second-order valence-electron chi connectivity index (χ2n) is 4.23. The predicted octanol–water partition coefficient (Wildman–Crippen LogP) is 2.75. The van der Waals surface area contributed by atoms with Gasteiger partial charge in [-0.3, -0.25) is 0 Å². The first-order chi connectivity index (χ1) is 8.72. The van der Waals surface area contributed by atoms with Crippen LogP contribution >= 0.6 is 0 Å². The van der Waals surface area contributed by atoms with Crippen LogP contribution in [0.3, 0.4) is 0 Å². The fourth-order valence-corrected chi connectivity index (χ4v) is 1.87. The van der Waals surface area contributed by atoms with Gasteiger partial charge >= 0.3 is 0 Å². The molecule has 1 heterocycles. The highest BCUT2D eigenvalue weighted by Gasteiger charge is 2.05. The second-order valence-corrected chi connectivity index (χ2v) is 4.23. The minimum atomic E-state index is 0.772. The molecular formula is C14H18N4. The lowest BCUT2D eigenvalue weighted by molar-refractivity contribution is 1.05. The Hall–Kier alpha value is -2.10. The van der Waals surface area contributed by atoms with Gasteiger partial charge in [-0.15, -0.1) is 0 Å². The van der Waals surface area contributed by atoms with Crippen molar-refractivity contribution in [2.24, 2.45) is 0 Å². The first-order valence-corrected chi connectivity index (χ1v) is 6.00. The van der Waals surface area contributed by atoms with E-state index in [9.17, 15) is 0 Å². The van der Waals surface area contributed by atoms with Crippen molar-refractivity contribution in [1.29, 1.82) is 0 Å². The maximum atomic E-state index is 4.27. The molecule has 0 spiro atoms. The number of aryl methyl sites for hydroxylation is 1. The summed E-state index contributed by atoms with van der Waals surface area (Å²) in [6.07, 6.45) is 1.57. The quantitative estimate of drug-likeness (QED) is 0.865. The van der Waals surface area contributed by atoms with Crippen molar-refractivity contribution in [3.63, 3.8) is 0 Å². The van der Waals surface area contributed by atoms with Crippen LogP contribution in [-0.2, 0) is 6.54 Å². The van der Waals surface area contributed by atoms with Crippen LogP contribution in [0.2, 0.25) is 0 Å². The third-order valence-corrected chi connectivity index (χ3v) is 3.03. The molecule has 4 heteroatoms. The molecule has 2 N–H and O–H groups in total. The van der Waals surface area contributed by atoms with Crippen LogP contribution in [0.4, 0.5) is 11.6 Å². The van der Waals surface area contributed by atoms with Gasteiger partial charge in [0.05, 0.1) is 0 Å².